The molecule has 24 atom stereocenters. The molecule has 5 heterocycles. The Bertz CT molecular complexity index is 1220. The molecule has 0 aliphatic carbocycles. The minimum Gasteiger partial charge on any atom is -0.394 e. The summed E-state index contributed by atoms with van der Waals surface area (Å²) in [6.45, 7) is -5.96. The van der Waals surface area contributed by atoms with Crippen LogP contribution in [0.25, 0.3) is 0 Å². The summed E-state index contributed by atoms with van der Waals surface area (Å²) in [7, 11) is 0. The Labute approximate surface area is 316 Å². The maximum atomic E-state index is 11.4. The average Bonchev–Trinajstić information content (AvgIpc) is 3.44. The summed E-state index contributed by atoms with van der Waals surface area (Å²) in [6.07, 6.45) is -44.2. The summed E-state index contributed by atoms with van der Waals surface area (Å²) in [5, 5.41) is 177. The van der Waals surface area contributed by atoms with E-state index in [0.717, 1.165) is 0 Å². The average molecular weight is 829 g/mol. The van der Waals surface area contributed by atoms with Gasteiger partial charge in [0.15, 0.2) is 25.2 Å². The van der Waals surface area contributed by atoms with Crippen molar-refractivity contribution in [1.29, 1.82) is 0 Å². The molecule has 5 rings (SSSR count). The lowest BCUT2D eigenvalue weighted by molar-refractivity contribution is -0.423. The topological polar surface area (TPSA) is 427 Å². The van der Waals surface area contributed by atoms with Crippen LogP contribution in [0.4, 0.5) is 0 Å². The zero-order valence-corrected chi connectivity index (χ0v) is 29.3. The summed E-state index contributed by atoms with van der Waals surface area (Å²) >= 11 is 0. The molecule has 17 N–H and O–H groups in total. The summed E-state index contributed by atoms with van der Waals surface area (Å²) < 4.78 is 50.5. The SMILES string of the molecule is OC[C@H]1O[C@@](CO)(O[C@H]2O[C@H](CO)[C@@H](O)[C@H](O[C@@H]3O[C@H](CO)[C@@H](O[C@@H]4O[C@H](CO)[C@@H](O)[C@H](O)[C@H]4O)[C@H](O)[C@H]3O)[C@H]2O[C@@H]2O[C@H](CO)[C@@H](O)[C@H](O)[C@H]2O)[C@@H](O)[C@@H]1O. The molecule has 0 aromatic rings. The number of hydrogen-bond donors (Lipinski definition) is 17. The summed E-state index contributed by atoms with van der Waals surface area (Å²) in [5.41, 5.74) is 0. The molecular weight excluding hydrogens is 776 g/mol. The monoisotopic (exact) mass is 828 g/mol. The van der Waals surface area contributed by atoms with Gasteiger partial charge in [0.1, 0.15) is 123 Å². The largest absolute Gasteiger partial charge is 0.394 e. The van der Waals surface area contributed by atoms with E-state index in [1.807, 2.05) is 0 Å². The van der Waals surface area contributed by atoms with Crippen LogP contribution < -0.4 is 0 Å². The summed E-state index contributed by atoms with van der Waals surface area (Å²) in [5.74, 6) is -2.64. The van der Waals surface area contributed by atoms with Gasteiger partial charge in [-0.25, -0.2) is 0 Å². The molecule has 0 aromatic carbocycles. The molecule has 0 amide bonds. The highest BCUT2D eigenvalue weighted by Gasteiger charge is 2.61. The Morgan fingerprint density at radius 2 is 0.750 bits per heavy atom. The van der Waals surface area contributed by atoms with E-state index in [4.69, 9.17) is 42.6 Å². The molecule has 5 aliphatic heterocycles. The zero-order chi connectivity index (χ0) is 41.4. The lowest BCUT2D eigenvalue weighted by Crippen LogP contribution is -2.69. The molecule has 0 bridgehead atoms. The second kappa shape index (κ2) is 19.1. The molecule has 0 spiro atoms. The van der Waals surface area contributed by atoms with Crippen LogP contribution in [0, 0.1) is 0 Å². The Morgan fingerprint density at radius 3 is 1.20 bits per heavy atom. The van der Waals surface area contributed by atoms with Crippen molar-refractivity contribution in [3.8, 4) is 0 Å². The molecule has 0 radical (unpaired) electrons. The molecule has 0 unspecified atom stereocenters. The third kappa shape index (κ3) is 8.73. The van der Waals surface area contributed by atoms with Crippen LogP contribution in [-0.2, 0) is 42.6 Å². The van der Waals surface area contributed by atoms with Crippen LogP contribution in [0.5, 0.6) is 0 Å². The van der Waals surface area contributed by atoms with E-state index in [9.17, 15) is 86.8 Å². The van der Waals surface area contributed by atoms with Gasteiger partial charge in [-0.1, -0.05) is 0 Å². The van der Waals surface area contributed by atoms with Gasteiger partial charge in [0.2, 0.25) is 5.79 Å². The first-order valence-electron chi connectivity index (χ1n) is 17.6. The van der Waals surface area contributed by atoms with Gasteiger partial charge in [-0.15, -0.1) is 0 Å². The van der Waals surface area contributed by atoms with Crippen molar-refractivity contribution in [2.45, 2.75) is 147 Å². The van der Waals surface area contributed by atoms with Crippen LogP contribution in [0.1, 0.15) is 0 Å². The van der Waals surface area contributed by atoms with Gasteiger partial charge in [-0.3, -0.25) is 0 Å². The first-order chi connectivity index (χ1) is 26.5. The van der Waals surface area contributed by atoms with Crippen molar-refractivity contribution in [3.63, 3.8) is 0 Å². The second-order valence-electron chi connectivity index (χ2n) is 14.0. The maximum absolute atomic E-state index is 11.4. The third-order valence-corrected chi connectivity index (χ3v) is 10.4. The van der Waals surface area contributed by atoms with E-state index >= 15 is 0 Å². The van der Waals surface area contributed by atoms with Crippen molar-refractivity contribution in [3.05, 3.63) is 0 Å². The number of rotatable bonds is 14. The second-order valence-corrected chi connectivity index (χ2v) is 14.0. The number of aliphatic hydroxyl groups excluding tert-OH is 17. The minimum atomic E-state index is -2.64. The van der Waals surface area contributed by atoms with Gasteiger partial charge in [0.05, 0.1) is 33.0 Å². The molecule has 5 aliphatic rings. The van der Waals surface area contributed by atoms with E-state index in [1.165, 1.54) is 0 Å². The van der Waals surface area contributed by atoms with Crippen LogP contribution in [0.3, 0.4) is 0 Å². The highest BCUT2D eigenvalue weighted by atomic mass is 16.8. The normalized spacial score (nSPS) is 53.0. The summed E-state index contributed by atoms with van der Waals surface area (Å²) in [6, 6.07) is 0. The molecule has 56 heavy (non-hydrogen) atoms. The molecule has 0 saturated carbocycles. The fourth-order valence-electron chi connectivity index (χ4n) is 7.06. The van der Waals surface area contributed by atoms with Gasteiger partial charge >= 0.3 is 0 Å². The standard InChI is InChI=1S/C30H52O26/c31-1-7-12(37)16(41)19(44)26(48-7)52-22-11(5-35)51-28(21(46)18(22)43)53-23-14(39)9(3-33)50-29(56-30(6-36)25(47)15(40)10(4-34)55-30)24(23)54-27-20(45)17(42)13(38)8(2-32)49-27/h7-29,31-47H,1-6H2/t7-,8-,9-,10-,11-,12-,13-,14-,15-,16+,17+,18-,19-,20-,21-,22-,23+,24-,25+,26+,27+,28+,29-,30+/m1/s1. The molecule has 0 aromatic heterocycles. The molecule has 26 nitrogen and oxygen atoms in total. The van der Waals surface area contributed by atoms with E-state index in [-0.39, 0.29) is 0 Å². The van der Waals surface area contributed by atoms with E-state index in [2.05, 4.69) is 0 Å². The van der Waals surface area contributed by atoms with Crippen molar-refractivity contribution in [2.24, 2.45) is 0 Å². The lowest BCUT2D eigenvalue weighted by Gasteiger charge is -2.50. The minimum absolute atomic E-state index is 0.844. The summed E-state index contributed by atoms with van der Waals surface area (Å²) in [4.78, 5) is 0. The molecule has 5 fully saturated rings. The van der Waals surface area contributed by atoms with E-state index in [0.29, 0.717) is 0 Å². The quantitative estimate of drug-likeness (QED) is 0.0773. The van der Waals surface area contributed by atoms with Crippen molar-refractivity contribution < 1.29 is 129 Å². The first kappa shape index (κ1) is 46.0. The van der Waals surface area contributed by atoms with Gasteiger partial charge in [0.25, 0.3) is 0 Å². The van der Waals surface area contributed by atoms with Crippen LogP contribution in [0.15, 0.2) is 0 Å². The van der Waals surface area contributed by atoms with Crippen LogP contribution in [0.2, 0.25) is 0 Å². The highest BCUT2D eigenvalue weighted by Crippen LogP contribution is 2.40. The van der Waals surface area contributed by atoms with Crippen LogP contribution in [-0.4, -0.2) is 273 Å². The molecule has 328 valence electrons. The number of ether oxygens (including phenoxy) is 9. The Kier molecular flexibility index (Phi) is 15.7. The van der Waals surface area contributed by atoms with Crippen molar-refractivity contribution in [2.75, 3.05) is 39.6 Å². The van der Waals surface area contributed by atoms with Gasteiger partial charge < -0.3 is 129 Å². The fraction of sp³-hybridized carbons (Fsp3) is 1.00. The van der Waals surface area contributed by atoms with Crippen LogP contribution >= 0.6 is 0 Å². The molecule has 26 heteroatoms. The van der Waals surface area contributed by atoms with E-state index in [1.54, 1.807) is 0 Å². The smallest absolute Gasteiger partial charge is 0.224 e. The lowest BCUT2D eigenvalue weighted by atomic mass is 9.95. The van der Waals surface area contributed by atoms with E-state index < -0.39 is 187 Å². The van der Waals surface area contributed by atoms with Crippen molar-refractivity contribution in [1.82, 2.24) is 0 Å². The third-order valence-electron chi connectivity index (χ3n) is 10.4. The molecular formula is C30H52O26. The van der Waals surface area contributed by atoms with Gasteiger partial charge in [-0.05, 0) is 0 Å². The molecule has 5 saturated heterocycles. The Morgan fingerprint density at radius 1 is 0.357 bits per heavy atom. The first-order valence-corrected chi connectivity index (χ1v) is 17.6. The number of hydrogen-bond acceptors (Lipinski definition) is 26. The predicted octanol–water partition coefficient (Wildman–Crippen LogP) is -11.9. The zero-order valence-electron chi connectivity index (χ0n) is 29.3. The fourth-order valence-corrected chi connectivity index (χ4v) is 7.06. The van der Waals surface area contributed by atoms with Gasteiger partial charge in [-0.2, -0.15) is 0 Å². The number of aliphatic hydroxyl groups is 17. The van der Waals surface area contributed by atoms with Gasteiger partial charge in [0, 0.05) is 0 Å². The Balaban J connectivity index is 1.45. The predicted molar refractivity (Wildman–Crippen MR) is 167 cm³/mol. The Hall–Kier alpha value is -1.04. The van der Waals surface area contributed by atoms with Crippen molar-refractivity contribution >= 4 is 0 Å². The highest BCUT2D eigenvalue weighted by molar-refractivity contribution is 5.01. The maximum Gasteiger partial charge on any atom is 0.224 e.